The van der Waals surface area contributed by atoms with Crippen molar-refractivity contribution in [1.29, 1.82) is 0 Å². The maximum absolute atomic E-state index is 5.69. The largest absolute Gasteiger partial charge is 0.389 e. The minimum absolute atomic E-state index is 0.463. The second kappa shape index (κ2) is 6.51. The zero-order chi connectivity index (χ0) is 14.7. The molecule has 3 rings (SSSR count). The highest BCUT2D eigenvalue weighted by atomic mass is 32.1. The first-order chi connectivity index (χ1) is 10.2. The maximum atomic E-state index is 5.69. The van der Waals surface area contributed by atoms with Crippen molar-refractivity contribution >= 4 is 33.7 Å². The highest BCUT2D eigenvalue weighted by Crippen LogP contribution is 2.19. The van der Waals surface area contributed by atoms with E-state index in [2.05, 4.69) is 26.9 Å². The van der Waals surface area contributed by atoms with Gasteiger partial charge in [-0.1, -0.05) is 30.4 Å². The fraction of sp³-hybridized carbons (Fsp3) is 0.333. The molecule has 6 heteroatoms. The van der Waals surface area contributed by atoms with Gasteiger partial charge in [0.25, 0.3) is 0 Å². The van der Waals surface area contributed by atoms with Gasteiger partial charge in [0.1, 0.15) is 4.99 Å². The summed E-state index contributed by atoms with van der Waals surface area (Å²) in [5, 5.41) is 3.16. The molecule has 4 nitrogen and oxygen atoms in total. The van der Waals surface area contributed by atoms with Crippen molar-refractivity contribution in [1.82, 2.24) is 9.88 Å². The van der Waals surface area contributed by atoms with E-state index >= 15 is 0 Å². The number of rotatable bonds is 4. The van der Waals surface area contributed by atoms with Crippen molar-refractivity contribution in [3.8, 4) is 0 Å². The molecule has 0 bridgehead atoms. The van der Waals surface area contributed by atoms with Gasteiger partial charge in [-0.3, -0.25) is 4.90 Å². The number of hydrogen-bond donors (Lipinski definition) is 1. The summed E-state index contributed by atoms with van der Waals surface area (Å²) in [6.45, 7) is 5.11. The zero-order valence-corrected chi connectivity index (χ0v) is 13.4. The highest BCUT2D eigenvalue weighted by molar-refractivity contribution is 7.80. The highest BCUT2D eigenvalue weighted by Gasteiger charge is 2.18. The molecule has 0 radical (unpaired) electrons. The Morgan fingerprint density at radius 2 is 2.10 bits per heavy atom. The number of nitrogens with zero attached hydrogens (tertiary/aromatic N) is 3. The molecule has 0 spiro atoms. The summed E-state index contributed by atoms with van der Waals surface area (Å²) in [5.41, 5.74) is 7.91. The van der Waals surface area contributed by atoms with E-state index in [1.807, 2.05) is 23.7 Å². The van der Waals surface area contributed by atoms with Gasteiger partial charge in [-0.25, -0.2) is 4.98 Å². The number of thiocarbonyl (C=S) groups is 1. The van der Waals surface area contributed by atoms with Crippen molar-refractivity contribution in [3.63, 3.8) is 0 Å². The van der Waals surface area contributed by atoms with Crippen LogP contribution in [0.15, 0.2) is 35.8 Å². The molecule has 1 fully saturated rings. The van der Waals surface area contributed by atoms with E-state index in [0.29, 0.717) is 4.99 Å². The molecular weight excluding hydrogens is 300 g/mol. The van der Waals surface area contributed by atoms with Gasteiger partial charge in [0.2, 0.25) is 0 Å². The average molecular weight is 318 g/mol. The van der Waals surface area contributed by atoms with E-state index in [0.717, 1.165) is 43.4 Å². The van der Waals surface area contributed by atoms with Gasteiger partial charge in [0, 0.05) is 49.9 Å². The summed E-state index contributed by atoms with van der Waals surface area (Å²) >= 11 is 6.75. The monoisotopic (exact) mass is 318 g/mol. The molecule has 0 unspecified atom stereocenters. The van der Waals surface area contributed by atoms with Crippen LogP contribution >= 0.6 is 23.6 Å². The van der Waals surface area contributed by atoms with Crippen molar-refractivity contribution in [3.05, 3.63) is 47.0 Å². The van der Waals surface area contributed by atoms with E-state index in [1.165, 1.54) is 5.56 Å². The number of thiazole rings is 1. The Balaban J connectivity index is 1.58. The predicted octanol–water partition coefficient (Wildman–Crippen LogP) is 2.10. The van der Waals surface area contributed by atoms with Crippen LogP contribution in [0.2, 0.25) is 0 Å². The first kappa shape index (κ1) is 14.4. The minimum Gasteiger partial charge on any atom is -0.389 e. The lowest BCUT2D eigenvalue weighted by atomic mass is 10.1. The van der Waals surface area contributed by atoms with Crippen molar-refractivity contribution < 1.29 is 0 Å². The molecule has 1 aliphatic rings. The van der Waals surface area contributed by atoms with Crippen molar-refractivity contribution in [2.24, 2.45) is 5.73 Å². The number of anilines is 1. The van der Waals surface area contributed by atoms with Crippen molar-refractivity contribution in [2.75, 3.05) is 31.1 Å². The summed E-state index contributed by atoms with van der Waals surface area (Å²) in [6.07, 6.45) is 1.87. The number of hydrogen-bond acceptors (Lipinski definition) is 5. The Hall–Kier alpha value is -1.50. The van der Waals surface area contributed by atoms with E-state index in [-0.39, 0.29) is 0 Å². The second-order valence-electron chi connectivity index (χ2n) is 5.14. The van der Waals surface area contributed by atoms with Crippen LogP contribution in [0.5, 0.6) is 0 Å². The molecule has 0 saturated carbocycles. The topological polar surface area (TPSA) is 45.4 Å². The van der Waals surface area contributed by atoms with Crippen LogP contribution in [0.1, 0.15) is 11.1 Å². The molecule has 0 amide bonds. The number of aromatic nitrogens is 1. The lowest BCUT2D eigenvalue weighted by Gasteiger charge is -2.34. The van der Waals surface area contributed by atoms with Gasteiger partial charge < -0.3 is 10.6 Å². The van der Waals surface area contributed by atoms with Crippen LogP contribution in [0.4, 0.5) is 5.13 Å². The van der Waals surface area contributed by atoms with Crippen LogP contribution in [-0.4, -0.2) is 41.1 Å². The Kier molecular flexibility index (Phi) is 4.48. The number of piperazine rings is 1. The van der Waals surface area contributed by atoms with Gasteiger partial charge in [-0.05, 0) is 11.6 Å². The Labute approximate surface area is 134 Å². The Morgan fingerprint density at radius 1 is 1.29 bits per heavy atom. The van der Waals surface area contributed by atoms with Gasteiger partial charge in [-0.2, -0.15) is 0 Å². The molecule has 1 aromatic heterocycles. The molecule has 2 aromatic rings. The molecular formula is C15H18N4S2. The third kappa shape index (κ3) is 3.58. The molecule has 1 aliphatic heterocycles. The Bertz CT molecular complexity index is 604. The van der Waals surface area contributed by atoms with Crippen LogP contribution in [0.25, 0.3) is 0 Å². The van der Waals surface area contributed by atoms with Gasteiger partial charge >= 0.3 is 0 Å². The summed E-state index contributed by atoms with van der Waals surface area (Å²) in [5.74, 6) is 0. The molecule has 0 aliphatic carbocycles. The predicted molar refractivity (Wildman–Crippen MR) is 91.9 cm³/mol. The first-order valence-corrected chi connectivity index (χ1v) is 8.27. The number of benzene rings is 1. The van der Waals surface area contributed by atoms with Gasteiger partial charge in [0.05, 0.1) is 0 Å². The van der Waals surface area contributed by atoms with Crippen LogP contribution in [-0.2, 0) is 6.54 Å². The molecule has 1 saturated heterocycles. The SMILES string of the molecule is NC(=S)c1cccc(CN2CCN(c3nccs3)CC2)c1. The average Bonchev–Trinajstić information content (AvgIpc) is 3.02. The number of nitrogens with two attached hydrogens (primary N) is 1. The third-order valence-corrected chi connectivity index (χ3v) is 4.75. The lowest BCUT2D eigenvalue weighted by molar-refractivity contribution is 0.250. The zero-order valence-electron chi connectivity index (χ0n) is 11.7. The fourth-order valence-corrected chi connectivity index (χ4v) is 3.37. The van der Waals surface area contributed by atoms with E-state index in [4.69, 9.17) is 18.0 Å². The normalized spacial score (nSPS) is 16.1. The standard InChI is InChI=1S/C15H18N4S2/c16-14(20)13-3-1-2-12(10-13)11-18-5-7-19(8-6-18)15-17-4-9-21-15/h1-4,9-10H,5-8,11H2,(H2,16,20). The molecule has 0 atom stereocenters. The molecule has 1 aromatic carbocycles. The van der Waals surface area contributed by atoms with Crippen molar-refractivity contribution in [2.45, 2.75) is 6.54 Å². The van der Waals surface area contributed by atoms with Crippen LogP contribution < -0.4 is 10.6 Å². The van der Waals surface area contributed by atoms with Gasteiger partial charge in [0.15, 0.2) is 5.13 Å². The first-order valence-electron chi connectivity index (χ1n) is 6.98. The molecule has 21 heavy (non-hydrogen) atoms. The second-order valence-corrected chi connectivity index (χ2v) is 6.46. The summed E-state index contributed by atoms with van der Waals surface area (Å²) in [6, 6.07) is 8.21. The van der Waals surface area contributed by atoms with Gasteiger partial charge in [-0.15, -0.1) is 11.3 Å². The summed E-state index contributed by atoms with van der Waals surface area (Å²) < 4.78 is 0. The van der Waals surface area contributed by atoms with Crippen LogP contribution in [0.3, 0.4) is 0 Å². The van der Waals surface area contributed by atoms with E-state index in [1.54, 1.807) is 11.3 Å². The summed E-state index contributed by atoms with van der Waals surface area (Å²) in [4.78, 5) is 9.66. The van der Waals surface area contributed by atoms with E-state index in [9.17, 15) is 0 Å². The molecule has 2 N–H and O–H groups in total. The quantitative estimate of drug-likeness (QED) is 0.875. The molecule has 2 heterocycles. The third-order valence-electron chi connectivity index (χ3n) is 3.68. The molecule has 110 valence electrons. The van der Waals surface area contributed by atoms with Crippen LogP contribution in [0, 0.1) is 0 Å². The summed E-state index contributed by atoms with van der Waals surface area (Å²) in [7, 11) is 0. The van der Waals surface area contributed by atoms with E-state index < -0.39 is 0 Å². The fourth-order valence-electron chi connectivity index (χ4n) is 2.55. The smallest absolute Gasteiger partial charge is 0.185 e. The lowest BCUT2D eigenvalue weighted by Crippen LogP contribution is -2.45. The Morgan fingerprint density at radius 3 is 2.76 bits per heavy atom. The minimum atomic E-state index is 0.463. The maximum Gasteiger partial charge on any atom is 0.185 e.